The minimum Gasteiger partial charge on any atom is -0.368 e. The first kappa shape index (κ1) is 17.4. The van der Waals surface area contributed by atoms with Crippen molar-refractivity contribution in [2.24, 2.45) is 5.73 Å². The smallest absolute Gasteiger partial charge is 0.238 e. The minimum atomic E-state index is -0.449. The van der Waals surface area contributed by atoms with Gasteiger partial charge in [0, 0.05) is 25.7 Å². The molecule has 1 heterocycles. The highest BCUT2D eigenvalue weighted by Crippen LogP contribution is 2.34. The van der Waals surface area contributed by atoms with E-state index in [0.29, 0.717) is 6.04 Å². The number of nitrogens with zero attached hydrogens (tertiary/aromatic N) is 2. The van der Waals surface area contributed by atoms with Gasteiger partial charge in [-0.2, -0.15) is 0 Å². The van der Waals surface area contributed by atoms with Crippen LogP contribution in [0.5, 0.6) is 0 Å². The predicted molar refractivity (Wildman–Crippen MR) is 97.5 cm³/mol. The second kappa shape index (κ2) is 7.66. The number of carbonyl (C=O) groups excluding carboxylic acids is 1. The Bertz CT molecular complexity index is 531. The van der Waals surface area contributed by atoms with Crippen LogP contribution in [0.4, 0.5) is 0 Å². The van der Waals surface area contributed by atoms with Gasteiger partial charge >= 0.3 is 0 Å². The maximum atomic E-state index is 12.4. The molecule has 1 amide bonds. The van der Waals surface area contributed by atoms with Gasteiger partial charge in [-0.1, -0.05) is 49.6 Å². The Morgan fingerprint density at radius 2 is 1.79 bits per heavy atom. The Morgan fingerprint density at radius 3 is 2.38 bits per heavy atom. The lowest BCUT2D eigenvalue weighted by atomic mass is 9.81. The predicted octanol–water partition coefficient (Wildman–Crippen LogP) is 2.77. The van der Waals surface area contributed by atoms with Crippen LogP contribution in [0, 0.1) is 0 Å². The molecule has 1 saturated carbocycles. The van der Waals surface area contributed by atoms with Gasteiger partial charge in [0.2, 0.25) is 5.91 Å². The fourth-order valence-electron chi connectivity index (χ4n) is 4.51. The average molecular weight is 329 g/mol. The summed E-state index contributed by atoms with van der Waals surface area (Å²) < 4.78 is 0. The van der Waals surface area contributed by atoms with Crippen LogP contribution in [0.25, 0.3) is 0 Å². The molecular weight excluding hydrogens is 298 g/mol. The van der Waals surface area contributed by atoms with Crippen molar-refractivity contribution in [2.45, 2.75) is 63.1 Å². The SMILES string of the molecule is CN(C1CCCCC1)C1(C(N)=O)CCN(Cc2ccccc2)CC1. The van der Waals surface area contributed by atoms with Crippen LogP contribution in [0.3, 0.4) is 0 Å². The number of hydrogen-bond donors (Lipinski definition) is 1. The normalized spacial score (nSPS) is 22.6. The van der Waals surface area contributed by atoms with Crippen molar-refractivity contribution < 1.29 is 4.79 Å². The first-order valence-electron chi connectivity index (χ1n) is 9.41. The summed E-state index contributed by atoms with van der Waals surface area (Å²) in [4.78, 5) is 17.2. The second-order valence-corrected chi connectivity index (χ2v) is 7.56. The fourth-order valence-corrected chi connectivity index (χ4v) is 4.51. The second-order valence-electron chi connectivity index (χ2n) is 7.56. The van der Waals surface area contributed by atoms with Crippen LogP contribution in [0.15, 0.2) is 30.3 Å². The number of likely N-dealkylation sites (N-methyl/N-ethyl adjacent to an activating group) is 1. The van der Waals surface area contributed by atoms with E-state index in [4.69, 9.17) is 5.73 Å². The summed E-state index contributed by atoms with van der Waals surface area (Å²) in [7, 11) is 2.13. The third kappa shape index (κ3) is 3.65. The lowest BCUT2D eigenvalue weighted by Gasteiger charge is -2.49. The highest BCUT2D eigenvalue weighted by molar-refractivity contribution is 5.84. The summed E-state index contributed by atoms with van der Waals surface area (Å²) in [5, 5.41) is 0. The monoisotopic (exact) mass is 329 g/mol. The maximum absolute atomic E-state index is 12.4. The van der Waals surface area contributed by atoms with E-state index < -0.39 is 5.54 Å². The molecule has 2 N–H and O–H groups in total. The summed E-state index contributed by atoms with van der Waals surface area (Å²) in [6.45, 7) is 2.84. The molecule has 1 aliphatic carbocycles. The van der Waals surface area contributed by atoms with Crippen LogP contribution in [-0.2, 0) is 11.3 Å². The van der Waals surface area contributed by atoms with Crippen molar-refractivity contribution in [3.8, 4) is 0 Å². The van der Waals surface area contributed by atoms with Gasteiger partial charge in [-0.25, -0.2) is 0 Å². The largest absolute Gasteiger partial charge is 0.368 e. The first-order valence-corrected chi connectivity index (χ1v) is 9.41. The Labute approximate surface area is 146 Å². The Morgan fingerprint density at radius 1 is 1.17 bits per heavy atom. The number of benzene rings is 1. The molecule has 0 spiro atoms. The van der Waals surface area contributed by atoms with Crippen LogP contribution in [0.2, 0.25) is 0 Å². The Kier molecular flexibility index (Phi) is 5.57. The van der Waals surface area contributed by atoms with Crippen molar-refractivity contribution in [1.82, 2.24) is 9.80 Å². The summed E-state index contributed by atoms with van der Waals surface area (Å²) in [5.41, 5.74) is 6.80. The third-order valence-corrected chi connectivity index (χ3v) is 6.19. The molecule has 1 aromatic rings. The highest BCUT2D eigenvalue weighted by atomic mass is 16.1. The summed E-state index contributed by atoms with van der Waals surface area (Å²) in [6, 6.07) is 11.1. The number of piperidine rings is 1. The lowest BCUT2D eigenvalue weighted by Crippen LogP contribution is -2.63. The zero-order valence-corrected chi connectivity index (χ0v) is 14.9. The number of amides is 1. The topological polar surface area (TPSA) is 49.6 Å². The number of nitrogens with two attached hydrogens (primary N) is 1. The quantitative estimate of drug-likeness (QED) is 0.904. The molecule has 0 bridgehead atoms. The van der Waals surface area contributed by atoms with Crippen molar-refractivity contribution in [1.29, 1.82) is 0 Å². The average Bonchev–Trinajstić information content (AvgIpc) is 2.63. The minimum absolute atomic E-state index is 0.130. The van der Waals surface area contributed by atoms with Crippen molar-refractivity contribution in [2.75, 3.05) is 20.1 Å². The van der Waals surface area contributed by atoms with Gasteiger partial charge in [-0.15, -0.1) is 0 Å². The molecule has 4 heteroatoms. The summed E-state index contributed by atoms with van der Waals surface area (Å²) in [5.74, 6) is -0.130. The zero-order chi connectivity index (χ0) is 17.0. The molecule has 3 rings (SSSR count). The van der Waals surface area contributed by atoms with E-state index in [1.165, 1.54) is 37.7 Å². The maximum Gasteiger partial charge on any atom is 0.238 e. The van der Waals surface area contributed by atoms with E-state index >= 15 is 0 Å². The molecule has 4 nitrogen and oxygen atoms in total. The third-order valence-electron chi connectivity index (χ3n) is 6.19. The molecule has 132 valence electrons. The molecular formula is C20H31N3O. The number of carbonyl (C=O) groups is 1. The van der Waals surface area contributed by atoms with E-state index in [-0.39, 0.29) is 5.91 Å². The first-order chi connectivity index (χ1) is 11.6. The molecule has 0 aromatic heterocycles. The van der Waals surface area contributed by atoms with Crippen LogP contribution in [-0.4, -0.2) is 47.4 Å². The molecule has 1 aromatic carbocycles. The van der Waals surface area contributed by atoms with Crippen molar-refractivity contribution in [3.63, 3.8) is 0 Å². The number of primary amides is 1. The van der Waals surface area contributed by atoms with Crippen molar-refractivity contribution >= 4 is 5.91 Å². The number of rotatable bonds is 5. The van der Waals surface area contributed by atoms with Gasteiger partial charge in [-0.05, 0) is 38.3 Å². The van der Waals surface area contributed by atoms with E-state index in [1.54, 1.807) is 0 Å². The molecule has 0 unspecified atom stereocenters. The van der Waals surface area contributed by atoms with E-state index in [1.807, 2.05) is 0 Å². The number of hydrogen-bond acceptors (Lipinski definition) is 3. The molecule has 0 radical (unpaired) electrons. The lowest BCUT2D eigenvalue weighted by molar-refractivity contribution is -0.135. The van der Waals surface area contributed by atoms with Gasteiger partial charge in [0.1, 0.15) is 5.54 Å². The Balaban J connectivity index is 1.64. The van der Waals surface area contributed by atoms with Gasteiger partial charge in [0.05, 0.1) is 0 Å². The molecule has 24 heavy (non-hydrogen) atoms. The molecule has 2 aliphatic rings. The van der Waals surface area contributed by atoms with Crippen LogP contribution < -0.4 is 5.73 Å². The summed E-state index contributed by atoms with van der Waals surface area (Å²) in [6.07, 6.45) is 8.01. The van der Waals surface area contributed by atoms with E-state index in [2.05, 4.69) is 47.2 Å². The van der Waals surface area contributed by atoms with Crippen LogP contribution in [0.1, 0.15) is 50.5 Å². The molecule has 1 aliphatic heterocycles. The number of likely N-dealkylation sites (tertiary alicyclic amines) is 1. The van der Waals surface area contributed by atoms with Gasteiger partial charge in [0.25, 0.3) is 0 Å². The van der Waals surface area contributed by atoms with E-state index in [9.17, 15) is 4.79 Å². The molecule has 1 saturated heterocycles. The summed E-state index contributed by atoms with van der Waals surface area (Å²) >= 11 is 0. The van der Waals surface area contributed by atoms with Crippen molar-refractivity contribution in [3.05, 3.63) is 35.9 Å². The van der Waals surface area contributed by atoms with Gasteiger partial charge < -0.3 is 5.73 Å². The standard InChI is InChI=1S/C20H31N3O/c1-22(18-10-6-3-7-11-18)20(19(21)24)12-14-23(15-13-20)16-17-8-4-2-5-9-17/h2,4-5,8-9,18H,3,6-7,10-16H2,1H3,(H2,21,24). The van der Waals surface area contributed by atoms with E-state index in [0.717, 1.165) is 32.5 Å². The van der Waals surface area contributed by atoms with Gasteiger partial charge in [-0.3, -0.25) is 14.6 Å². The van der Waals surface area contributed by atoms with Gasteiger partial charge in [0.15, 0.2) is 0 Å². The highest BCUT2D eigenvalue weighted by Gasteiger charge is 2.45. The zero-order valence-electron chi connectivity index (χ0n) is 14.9. The van der Waals surface area contributed by atoms with Crippen LogP contribution >= 0.6 is 0 Å². The molecule has 0 atom stereocenters. The fraction of sp³-hybridized carbons (Fsp3) is 0.650. The Hall–Kier alpha value is -1.39. The molecule has 2 fully saturated rings.